The largest absolute Gasteiger partial charge is 0.458 e. The number of ether oxygens (including phenoxy) is 6. The summed E-state index contributed by atoms with van der Waals surface area (Å²) in [7, 11) is 0. The summed E-state index contributed by atoms with van der Waals surface area (Å²) in [6.45, 7) is 3.07. The van der Waals surface area contributed by atoms with E-state index in [0.29, 0.717) is 16.7 Å². The first-order valence-corrected chi connectivity index (χ1v) is 12.6. The number of fused-ring (bicyclic) bond motifs is 1. The number of carbonyl (C=O) groups excluding carboxylic acids is 3. The Morgan fingerprint density at radius 2 is 1.26 bits per heavy atom. The molecule has 0 aromatic heterocycles. The molecule has 5 atom stereocenters. The van der Waals surface area contributed by atoms with Crippen LogP contribution in [-0.2, 0) is 28.4 Å². The summed E-state index contributed by atoms with van der Waals surface area (Å²) in [5.41, 5.74) is 0.947. The highest BCUT2D eigenvalue weighted by Crippen LogP contribution is 2.40. The molecule has 0 amide bonds. The summed E-state index contributed by atoms with van der Waals surface area (Å²) in [5.74, 6) is -2.88. The van der Waals surface area contributed by atoms with E-state index in [4.69, 9.17) is 28.4 Å². The quantitative estimate of drug-likeness (QED) is 0.312. The topological polar surface area (TPSA) is 107 Å². The van der Waals surface area contributed by atoms with Gasteiger partial charge < -0.3 is 28.4 Å². The highest BCUT2D eigenvalue weighted by atomic mass is 16.8. The predicted octanol–water partition coefficient (Wildman–Crippen LogP) is 4.17. The zero-order valence-electron chi connectivity index (χ0n) is 21.4. The van der Waals surface area contributed by atoms with Gasteiger partial charge in [0.15, 0.2) is 30.4 Å². The highest BCUT2D eigenvalue weighted by Gasteiger charge is 2.59. The number of esters is 3. The van der Waals surface area contributed by atoms with Crippen LogP contribution in [0, 0.1) is 0 Å². The molecular formula is C30H28O9. The van der Waals surface area contributed by atoms with Gasteiger partial charge in [-0.1, -0.05) is 54.6 Å². The zero-order chi connectivity index (χ0) is 27.4. The Bertz CT molecular complexity index is 1290. The van der Waals surface area contributed by atoms with Crippen LogP contribution < -0.4 is 0 Å². The van der Waals surface area contributed by atoms with E-state index in [1.807, 2.05) is 0 Å². The average Bonchev–Trinajstić information content (AvgIpc) is 3.43. The first kappa shape index (κ1) is 26.6. The fourth-order valence-electron chi connectivity index (χ4n) is 4.49. The van der Waals surface area contributed by atoms with Gasteiger partial charge in [0, 0.05) is 0 Å². The van der Waals surface area contributed by atoms with Crippen LogP contribution in [0.4, 0.5) is 0 Å². The molecule has 0 spiro atoms. The van der Waals surface area contributed by atoms with E-state index in [1.54, 1.807) is 105 Å². The van der Waals surface area contributed by atoms with Crippen molar-refractivity contribution in [3.05, 3.63) is 108 Å². The van der Waals surface area contributed by atoms with E-state index in [2.05, 4.69) is 0 Å². The fraction of sp³-hybridized carbons (Fsp3) is 0.300. The van der Waals surface area contributed by atoms with Crippen molar-refractivity contribution >= 4 is 17.9 Å². The van der Waals surface area contributed by atoms with Crippen molar-refractivity contribution in [1.82, 2.24) is 0 Å². The van der Waals surface area contributed by atoms with E-state index in [0.717, 1.165) is 0 Å². The fourth-order valence-corrected chi connectivity index (χ4v) is 4.49. The summed E-state index contributed by atoms with van der Waals surface area (Å²) in [5, 5.41) is 0. The first-order valence-electron chi connectivity index (χ1n) is 12.6. The van der Waals surface area contributed by atoms with Crippen LogP contribution in [0.15, 0.2) is 91.0 Å². The van der Waals surface area contributed by atoms with Crippen LogP contribution in [0.5, 0.6) is 0 Å². The molecule has 39 heavy (non-hydrogen) atoms. The SMILES string of the molecule is CC1(C)OC2OC(C(COC(=O)c3ccccc3)OC(=O)c3ccccc3)C(OC(=O)c3ccccc3)C2O1. The monoisotopic (exact) mass is 532 g/mol. The number of hydrogen-bond acceptors (Lipinski definition) is 9. The lowest BCUT2D eigenvalue weighted by molar-refractivity contribution is -0.227. The standard InChI is InChI=1S/C30H28O9/c1-30(2)38-25-24(36-28(33)21-16-10-5-11-17-21)23(37-29(25)39-30)22(35-27(32)20-14-8-4-9-15-20)18-34-26(31)19-12-6-3-7-13-19/h3-17,22-25,29H,18H2,1-2H3. The first-order chi connectivity index (χ1) is 18.8. The van der Waals surface area contributed by atoms with Gasteiger partial charge in [0.2, 0.25) is 0 Å². The van der Waals surface area contributed by atoms with Crippen LogP contribution in [0.2, 0.25) is 0 Å². The third kappa shape index (κ3) is 6.17. The molecule has 0 bridgehead atoms. The second-order valence-electron chi connectivity index (χ2n) is 9.58. The minimum atomic E-state index is -1.15. The van der Waals surface area contributed by atoms with Crippen LogP contribution in [0.1, 0.15) is 44.9 Å². The molecule has 0 saturated carbocycles. The van der Waals surface area contributed by atoms with E-state index >= 15 is 0 Å². The molecule has 3 aromatic rings. The number of rotatable bonds is 8. The molecule has 5 rings (SSSR count). The smallest absolute Gasteiger partial charge is 0.338 e. The summed E-state index contributed by atoms with van der Waals surface area (Å²) < 4.78 is 35.2. The van der Waals surface area contributed by atoms with Crippen LogP contribution in [-0.4, -0.2) is 61.0 Å². The van der Waals surface area contributed by atoms with Crippen molar-refractivity contribution in [1.29, 1.82) is 0 Å². The molecule has 0 aliphatic carbocycles. The molecule has 2 aliphatic heterocycles. The highest BCUT2D eigenvalue weighted by molar-refractivity contribution is 5.90. The zero-order valence-corrected chi connectivity index (χ0v) is 21.4. The van der Waals surface area contributed by atoms with Gasteiger partial charge in [-0.25, -0.2) is 14.4 Å². The molecule has 0 N–H and O–H groups in total. The Labute approximate surface area is 225 Å². The maximum absolute atomic E-state index is 13.0. The van der Waals surface area contributed by atoms with E-state index in [-0.39, 0.29) is 6.61 Å². The summed E-state index contributed by atoms with van der Waals surface area (Å²) >= 11 is 0. The Kier molecular flexibility index (Phi) is 7.74. The van der Waals surface area contributed by atoms with Gasteiger partial charge in [0.25, 0.3) is 0 Å². The molecule has 2 aliphatic rings. The Morgan fingerprint density at radius 3 is 1.82 bits per heavy atom. The van der Waals surface area contributed by atoms with E-state index in [9.17, 15) is 14.4 Å². The molecular weight excluding hydrogens is 504 g/mol. The van der Waals surface area contributed by atoms with Crippen molar-refractivity contribution < 1.29 is 42.8 Å². The van der Waals surface area contributed by atoms with Crippen molar-refractivity contribution in [2.24, 2.45) is 0 Å². The van der Waals surface area contributed by atoms with Gasteiger partial charge in [-0.3, -0.25) is 0 Å². The van der Waals surface area contributed by atoms with E-state index < -0.39 is 54.4 Å². The normalized spacial score (nSPS) is 23.8. The molecule has 5 unspecified atom stereocenters. The molecule has 202 valence electrons. The maximum atomic E-state index is 13.0. The van der Waals surface area contributed by atoms with Gasteiger partial charge >= 0.3 is 17.9 Å². The lowest BCUT2D eigenvalue weighted by Crippen LogP contribution is -2.47. The minimum Gasteiger partial charge on any atom is -0.458 e. The average molecular weight is 533 g/mol. The van der Waals surface area contributed by atoms with Crippen LogP contribution >= 0.6 is 0 Å². The third-order valence-corrected chi connectivity index (χ3v) is 6.30. The number of hydrogen-bond donors (Lipinski definition) is 0. The van der Waals surface area contributed by atoms with Gasteiger partial charge in [-0.2, -0.15) is 0 Å². The van der Waals surface area contributed by atoms with Crippen LogP contribution in [0.25, 0.3) is 0 Å². The lowest BCUT2D eigenvalue weighted by Gasteiger charge is -2.30. The molecule has 9 nitrogen and oxygen atoms in total. The summed E-state index contributed by atoms with van der Waals surface area (Å²) in [6.07, 6.45) is -4.95. The molecule has 0 radical (unpaired) electrons. The maximum Gasteiger partial charge on any atom is 0.338 e. The second kappa shape index (κ2) is 11.4. The third-order valence-electron chi connectivity index (χ3n) is 6.30. The summed E-state index contributed by atoms with van der Waals surface area (Å²) in [6, 6.07) is 25.2. The van der Waals surface area contributed by atoms with Crippen molar-refractivity contribution in [3.63, 3.8) is 0 Å². The van der Waals surface area contributed by atoms with Gasteiger partial charge in [0.1, 0.15) is 12.7 Å². The van der Waals surface area contributed by atoms with Crippen molar-refractivity contribution in [2.45, 2.75) is 50.3 Å². The van der Waals surface area contributed by atoms with Crippen LogP contribution in [0.3, 0.4) is 0 Å². The van der Waals surface area contributed by atoms with Crippen molar-refractivity contribution in [3.8, 4) is 0 Å². The predicted molar refractivity (Wildman–Crippen MR) is 137 cm³/mol. The Morgan fingerprint density at radius 1 is 0.744 bits per heavy atom. The molecule has 2 fully saturated rings. The lowest BCUT2D eigenvalue weighted by atomic mass is 10.1. The Balaban J connectivity index is 1.41. The number of benzene rings is 3. The van der Waals surface area contributed by atoms with Gasteiger partial charge in [-0.05, 0) is 50.2 Å². The molecule has 3 aromatic carbocycles. The minimum absolute atomic E-state index is 0.293. The molecule has 2 saturated heterocycles. The Hall–Kier alpha value is -4.05. The second-order valence-corrected chi connectivity index (χ2v) is 9.58. The molecule has 2 heterocycles. The summed E-state index contributed by atoms with van der Waals surface area (Å²) in [4.78, 5) is 38.8. The van der Waals surface area contributed by atoms with Crippen molar-refractivity contribution in [2.75, 3.05) is 6.61 Å². The van der Waals surface area contributed by atoms with E-state index in [1.165, 1.54) is 0 Å². The van der Waals surface area contributed by atoms with Gasteiger partial charge in [-0.15, -0.1) is 0 Å². The molecule has 9 heteroatoms. The van der Waals surface area contributed by atoms with Gasteiger partial charge in [0.05, 0.1) is 16.7 Å². The number of carbonyl (C=O) groups is 3.